The highest BCUT2D eigenvalue weighted by atomic mass is 35.5. The molecule has 8 nitrogen and oxygen atoms in total. The zero-order valence-corrected chi connectivity index (χ0v) is 19.5. The van der Waals surface area contributed by atoms with E-state index in [0.29, 0.717) is 23.1 Å². The van der Waals surface area contributed by atoms with Crippen molar-refractivity contribution in [1.82, 2.24) is 9.55 Å². The molecule has 34 heavy (non-hydrogen) atoms. The molecule has 1 amide bonds. The summed E-state index contributed by atoms with van der Waals surface area (Å²) < 4.78 is 1.97. The molecule has 0 spiro atoms. The van der Waals surface area contributed by atoms with Crippen molar-refractivity contribution in [3.63, 3.8) is 0 Å². The van der Waals surface area contributed by atoms with E-state index in [9.17, 15) is 19.5 Å². The number of nitrogens with zero attached hydrogens (tertiary/aromatic N) is 2. The van der Waals surface area contributed by atoms with Crippen LogP contribution in [0.5, 0.6) is 0 Å². The predicted molar refractivity (Wildman–Crippen MR) is 129 cm³/mol. The number of aromatic carboxylic acids is 1. The Morgan fingerprint density at radius 1 is 1.00 bits per heavy atom. The number of benzene rings is 2. The molecule has 0 atom stereocenters. The van der Waals surface area contributed by atoms with Gasteiger partial charge in [0.05, 0.1) is 23.2 Å². The van der Waals surface area contributed by atoms with Crippen LogP contribution in [0.4, 0.5) is 5.69 Å². The van der Waals surface area contributed by atoms with Crippen molar-refractivity contribution in [2.24, 2.45) is 0 Å². The third-order valence-electron chi connectivity index (χ3n) is 5.39. The number of carboxylic acid groups (broad SMARTS) is 2. The molecule has 0 unspecified atom stereocenters. The van der Waals surface area contributed by atoms with Gasteiger partial charge in [-0.05, 0) is 36.2 Å². The number of aliphatic carboxylic acids is 1. The van der Waals surface area contributed by atoms with Crippen LogP contribution >= 0.6 is 11.6 Å². The standard InChI is InChI=1S/C25H26ClN3O5/c1-2-3-8-21-28-23(26)20(13-14-22(30)31)29(21)15-16-9-11-17(12-10-16)27-24(32)18-6-4-5-7-19(18)25(33)34/h4-7,9-12H,2-3,8,13-15H2,1H3,(H,27,32)(H,30,31)(H,33,34). The third-order valence-corrected chi connectivity index (χ3v) is 5.69. The molecule has 2 aromatic carbocycles. The van der Waals surface area contributed by atoms with Crippen LogP contribution in [0.25, 0.3) is 0 Å². The number of halogens is 1. The molecule has 3 rings (SSSR count). The van der Waals surface area contributed by atoms with Gasteiger partial charge in [-0.15, -0.1) is 0 Å². The lowest BCUT2D eigenvalue weighted by atomic mass is 10.1. The molecule has 0 fully saturated rings. The summed E-state index contributed by atoms with van der Waals surface area (Å²) in [7, 11) is 0. The van der Waals surface area contributed by atoms with Gasteiger partial charge < -0.3 is 20.1 Å². The van der Waals surface area contributed by atoms with Crippen molar-refractivity contribution < 1.29 is 24.6 Å². The first-order chi connectivity index (χ1) is 16.3. The van der Waals surface area contributed by atoms with Crippen molar-refractivity contribution in [1.29, 1.82) is 0 Å². The first-order valence-electron chi connectivity index (χ1n) is 11.0. The first-order valence-corrected chi connectivity index (χ1v) is 11.4. The monoisotopic (exact) mass is 483 g/mol. The van der Waals surface area contributed by atoms with Gasteiger partial charge in [0.1, 0.15) is 5.82 Å². The Morgan fingerprint density at radius 3 is 2.29 bits per heavy atom. The summed E-state index contributed by atoms with van der Waals surface area (Å²) in [5.41, 5.74) is 2.15. The summed E-state index contributed by atoms with van der Waals surface area (Å²) >= 11 is 6.34. The van der Waals surface area contributed by atoms with Crippen LogP contribution in [0.2, 0.25) is 5.15 Å². The molecule has 0 bridgehead atoms. The number of aromatic nitrogens is 2. The second-order valence-corrected chi connectivity index (χ2v) is 8.21. The largest absolute Gasteiger partial charge is 0.481 e. The van der Waals surface area contributed by atoms with Gasteiger partial charge in [-0.2, -0.15) is 0 Å². The topological polar surface area (TPSA) is 122 Å². The van der Waals surface area contributed by atoms with Crippen LogP contribution in [0, 0.1) is 0 Å². The average molecular weight is 484 g/mol. The number of rotatable bonds is 11. The van der Waals surface area contributed by atoms with E-state index in [-0.39, 0.29) is 24.0 Å². The van der Waals surface area contributed by atoms with Gasteiger partial charge in [0.2, 0.25) is 0 Å². The van der Waals surface area contributed by atoms with E-state index in [2.05, 4.69) is 17.2 Å². The number of anilines is 1. The molecular weight excluding hydrogens is 458 g/mol. The fourth-order valence-corrected chi connectivity index (χ4v) is 3.92. The number of imidazole rings is 1. The van der Waals surface area contributed by atoms with Crippen LogP contribution in [0.15, 0.2) is 48.5 Å². The van der Waals surface area contributed by atoms with Gasteiger partial charge >= 0.3 is 11.9 Å². The lowest BCUT2D eigenvalue weighted by Gasteiger charge is -2.13. The molecule has 0 radical (unpaired) electrons. The molecule has 178 valence electrons. The predicted octanol–water partition coefficient (Wildman–Crippen LogP) is 4.90. The minimum Gasteiger partial charge on any atom is -0.481 e. The molecule has 0 aliphatic rings. The Morgan fingerprint density at radius 2 is 1.68 bits per heavy atom. The summed E-state index contributed by atoms with van der Waals surface area (Å²) in [6.07, 6.45) is 2.91. The third kappa shape index (κ3) is 6.23. The average Bonchev–Trinajstić information content (AvgIpc) is 3.11. The Labute approximate surface area is 202 Å². The number of nitrogens with one attached hydrogen (secondary N) is 1. The van der Waals surface area contributed by atoms with Gasteiger partial charge in [-0.1, -0.05) is 49.2 Å². The van der Waals surface area contributed by atoms with E-state index >= 15 is 0 Å². The highest BCUT2D eigenvalue weighted by Gasteiger charge is 2.18. The molecule has 1 heterocycles. The summed E-state index contributed by atoms with van der Waals surface area (Å²) in [6.45, 7) is 2.55. The Balaban J connectivity index is 1.78. The van der Waals surface area contributed by atoms with E-state index in [1.807, 2.05) is 16.7 Å². The number of carboxylic acids is 2. The molecule has 0 aliphatic heterocycles. The van der Waals surface area contributed by atoms with Crippen molar-refractivity contribution >= 4 is 35.1 Å². The molecule has 3 aromatic rings. The van der Waals surface area contributed by atoms with Crippen molar-refractivity contribution in [2.45, 2.75) is 45.6 Å². The van der Waals surface area contributed by atoms with Crippen LogP contribution in [-0.4, -0.2) is 37.6 Å². The maximum absolute atomic E-state index is 12.6. The molecule has 1 aromatic heterocycles. The maximum Gasteiger partial charge on any atom is 0.336 e. The first kappa shape index (κ1) is 25.0. The lowest BCUT2D eigenvalue weighted by molar-refractivity contribution is -0.137. The van der Waals surface area contributed by atoms with Gasteiger partial charge in [-0.25, -0.2) is 9.78 Å². The zero-order valence-electron chi connectivity index (χ0n) is 18.8. The molecule has 0 aliphatic carbocycles. The number of amides is 1. The summed E-state index contributed by atoms with van der Waals surface area (Å²) in [5, 5.41) is 21.4. The normalized spacial score (nSPS) is 10.8. The van der Waals surface area contributed by atoms with Gasteiger partial charge in [0.25, 0.3) is 5.91 Å². The minimum absolute atomic E-state index is 0.0403. The molecule has 0 saturated carbocycles. The molecule has 9 heteroatoms. The number of unbranched alkanes of at least 4 members (excludes halogenated alkanes) is 1. The van der Waals surface area contributed by atoms with E-state index in [1.165, 1.54) is 12.1 Å². The number of hydrogen-bond donors (Lipinski definition) is 3. The molecule has 0 saturated heterocycles. The highest BCUT2D eigenvalue weighted by molar-refractivity contribution is 6.30. The van der Waals surface area contributed by atoms with E-state index < -0.39 is 17.8 Å². The highest BCUT2D eigenvalue weighted by Crippen LogP contribution is 2.23. The van der Waals surface area contributed by atoms with Crippen molar-refractivity contribution in [3.05, 3.63) is 81.9 Å². The second kappa shape index (κ2) is 11.5. The maximum atomic E-state index is 12.6. The molecular formula is C25H26ClN3O5. The summed E-state index contributed by atoms with van der Waals surface area (Å²) in [6, 6.07) is 13.2. The van der Waals surface area contributed by atoms with E-state index in [0.717, 1.165) is 30.7 Å². The SMILES string of the molecule is CCCCc1nc(Cl)c(CCC(=O)O)n1Cc1ccc(NC(=O)c2ccccc2C(=O)O)cc1. The van der Waals surface area contributed by atoms with E-state index in [4.69, 9.17) is 16.7 Å². The van der Waals surface area contributed by atoms with Gasteiger partial charge in [-0.3, -0.25) is 9.59 Å². The lowest BCUT2D eigenvalue weighted by Crippen LogP contribution is -2.16. The summed E-state index contributed by atoms with van der Waals surface area (Å²) in [5.74, 6) is -1.76. The minimum atomic E-state index is -1.17. The van der Waals surface area contributed by atoms with Crippen LogP contribution in [0.3, 0.4) is 0 Å². The van der Waals surface area contributed by atoms with E-state index in [1.54, 1.807) is 24.3 Å². The van der Waals surface area contributed by atoms with Gasteiger partial charge in [0.15, 0.2) is 5.15 Å². The van der Waals surface area contributed by atoms with Crippen LogP contribution in [-0.2, 0) is 24.2 Å². The number of aryl methyl sites for hydroxylation is 1. The van der Waals surface area contributed by atoms with Gasteiger partial charge in [0, 0.05) is 25.1 Å². The number of carbonyl (C=O) groups is 3. The van der Waals surface area contributed by atoms with Crippen LogP contribution < -0.4 is 5.32 Å². The van der Waals surface area contributed by atoms with Crippen molar-refractivity contribution in [3.8, 4) is 0 Å². The summed E-state index contributed by atoms with van der Waals surface area (Å²) in [4.78, 5) is 39.5. The number of hydrogen-bond acceptors (Lipinski definition) is 4. The quantitative estimate of drug-likeness (QED) is 0.357. The number of carbonyl (C=O) groups excluding carboxylic acids is 1. The fraction of sp³-hybridized carbons (Fsp3) is 0.280. The zero-order chi connectivity index (χ0) is 24.7. The van der Waals surface area contributed by atoms with Crippen LogP contribution in [0.1, 0.15) is 64.0 Å². The molecule has 3 N–H and O–H groups in total. The Bertz CT molecular complexity index is 1190. The second-order valence-electron chi connectivity index (χ2n) is 7.85. The van der Waals surface area contributed by atoms with Crippen molar-refractivity contribution in [2.75, 3.05) is 5.32 Å². The Hall–Kier alpha value is -3.65. The Kier molecular flexibility index (Phi) is 8.43. The fourth-order valence-electron chi connectivity index (χ4n) is 3.62. The smallest absolute Gasteiger partial charge is 0.336 e.